The smallest absolute Gasteiger partial charge is 0.453 e. The van der Waals surface area contributed by atoms with Crippen molar-refractivity contribution >= 4 is 29.2 Å². The molecule has 2 rings (SSSR count). The maximum atomic E-state index is 13.8. The maximum absolute atomic E-state index is 13.8. The minimum absolute atomic E-state index is 0.417. The summed E-state index contributed by atoms with van der Waals surface area (Å²) in [5.41, 5.74) is -1.75. The molecule has 0 amide bonds. The molecule has 0 aliphatic carbocycles. The van der Waals surface area contributed by atoms with Crippen LogP contribution in [0.25, 0.3) is 11.3 Å². The molecule has 1 N–H and O–H groups in total. The number of carboxylic acid groups (broad SMARTS) is 1. The second-order valence-electron chi connectivity index (χ2n) is 3.79. The van der Waals surface area contributed by atoms with Crippen LogP contribution in [-0.4, -0.2) is 16.2 Å². The molecular weight excluding hydrogens is 341 g/mol. The molecule has 2 aromatic rings. The zero-order valence-corrected chi connectivity index (χ0v) is 11.1. The van der Waals surface area contributed by atoms with Gasteiger partial charge in [-0.3, -0.25) is 0 Å². The van der Waals surface area contributed by atoms with Crippen LogP contribution in [0.3, 0.4) is 0 Å². The van der Waals surface area contributed by atoms with E-state index in [1.807, 2.05) is 0 Å². The highest BCUT2D eigenvalue weighted by atomic mass is 35.5. The molecule has 0 fully saturated rings. The average molecular weight is 344 g/mol. The van der Waals surface area contributed by atoms with Crippen LogP contribution in [0.5, 0.6) is 0 Å². The summed E-state index contributed by atoms with van der Waals surface area (Å²) < 4.78 is 55.4. The van der Waals surface area contributed by atoms with E-state index in [2.05, 4.69) is 9.68 Å². The van der Waals surface area contributed by atoms with E-state index in [9.17, 15) is 22.4 Å². The average Bonchev–Trinajstić information content (AvgIpc) is 2.70. The summed E-state index contributed by atoms with van der Waals surface area (Å²) in [6, 6.07) is 1.36. The molecular formula is C11H3Cl2F4NO3. The van der Waals surface area contributed by atoms with E-state index in [1.165, 1.54) is 0 Å². The van der Waals surface area contributed by atoms with Gasteiger partial charge in [-0.05, 0) is 12.1 Å². The monoisotopic (exact) mass is 343 g/mol. The highest BCUT2D eigenvalue weighted by Crippen LogP contribution is 2.41. The molecule has 1 aromatic heterocycles. The van der Waals surface area contributed by atoms with Gasteiger partial charge in [0.2, 0.25) is 0 Å². The summed E-state index contributed by atoms with van der Waals surface area (Å²) in [5, 5.41) is 10.5. The van der Waals surface area contributed by atoms with Crippen molar-refractivity contribution in [2.45, 2.75) is 6.18 Å². The number of hydrogen-bond donors (Lipinski definition) is 1. The van der Waals surface area contributed by atoms with Crippen molar-refractivity contribution in [2.24, 2.45) is 0 Å². The standard InChI is InChI=1S/C11H3Cl2F4NO3/c12-5-2-6(14)4(1-3(5)10(19)20)8-7(13)9(21-18-8)11(15,16)17/h1-2H,(H,19,20). The molecule has 0 saturated carbocycles. The third-order valence-corrected chi connectivity index (χ3v) is 3.10. The Morgan fingerprint density at radius 1 is 1.29 bits per heavy atom. The molecule has 0 unspecified atom stereocenters. The number of aromatic nitrogens is 1. The Kier molecular flexibility index (Phi) is 3.85. The highest BCUT2D eigenvalue weighted by Gasteiger charge is 2.40. The molecule has 0 atom stereocenters. The molecule has 0 aliphatic rings. The number of hydrogen-bond acceptors (Lipinski definition) is 3. The van der Waals surface area contributed by atoms with Gasteiger partial charge in [0.25, 0.3) is 5.76 Å². The molecule has 0 saturated heterocycles. The van der Waals surface area contributed by atoms with Gasteiger partial charge in [-0.2, -0.15) is 13.2 Å². The van der Waals surface area contributed by atoms with Gasteiger partial charge in [0, 0.05) is 5.56 Å². The van der Waals surface area contributed by atoms with E-state index in [1.54, 1.807) is 0 Å². The zero-order chi connectivity index (χ0) is 15.9. The van der Waals surface area contributed by atoms with Gasteiger partial charge in [-0.1, -0.05) is 28.4 Å². The van der Waals surface area contributed by atoms with E-state index in [-0.39, 0.29) is 0 Å². The van der Waals surface area contributed by atoms with Crippen LogP contribution in [0.1, 0.15) is 16.1 Å². The largest absolute Gasteiger partial charge is 0.478 e. The lowest BCUT2D eigenvalue weighted by atomic mass is 10.1. The van der Waals surface area contributed by atoms with Crippen LogP contribution >= 0.6 is 23.2 Å². The van der Waals surface area contributed by atoms with E-state index in [0.29, 0.717) is 6.07 Å². The van der Waals surface area contributed by atoms with E-state index < -0.39 is 50.6 Å². The highest BCUT2D eigenvalue weighted by molar-refractivity contribution is 6.34. The first-order chi connectivity index (χ1) is 9.62. The van der Waals surface area contributed by atoms with Crippen LogP contribution in [0.4, 0.5) is 17.6 Å². The zero-order valence-electron chi connectivity index (χ0n) is 9.63. The van der Waals surface area contributed by atoms with Crippen molar-refractivity contribution < 1.29 is 32.0 Å². The first-order valence-corrected chi connectivity index (χ1v) is 5.83. The number of alkyl halides is 3. The van der Waals surface area contributed by atoms with Crippen LogP contribution in [-0.2, 0) is 6.18 Å². The quantitative estimate of drug-likeness (QED) is 0.815. The molecule has 0 bridgehead atoms. The molecule has 0 radical (unpaired) electrons. The van der Waals surface area contributed by atoms with Crippen molar-refractivity contribution in [1.29, 1.82) is 0 Å². The Balaban J connectivity index is 2.66. The lowest BCUT2D eigenvalue weighted by Gasteiger charge is -2.05. The van der Waals surface area contributed by atoms with Gasteiger partial charge in [0.15, 0.2) is 0 Å². The first kappa shape index (κ1) is 15.6. The maximum Gasteiger partial charge on any atom is 0.453 e. The number of benzene rings is 1. The van der Waals surface area contributed by atoms with E-state index >= 15 is 0 Å². The van der Waals surface area contributed by atoms with E-state index in [0.717, 1.165) is 6.07 Å². The Labute approximate surface area is 123 Å². The minimum atomic E-state index is -4.92. The molecule has 0 aliphatic heterocycles. The fourth-order valence-electron chi connectivity index (χ4n) is 1.52. The Bertz CT molecular complexity index is 727. The summed E-state index contributed by atoms with van der Waals surface area (Å²) in [6.07, 6.45) is -4.92. The predicted molar refractivity (Wildman–Crippen MR) is 63.9 cm³/mol. The van der Waals surface area contributed by atoms with Gasteiger partial charge in [-0.25, -0.2) is 9.18 Å². The fourth-order valence-corrected chi connectivity index (χ4v) is 2.03. The van der Waals surface area contributed by atoms with Crippen LogP contribution in [0.2, 0.25) is 10.0 Å². The number of nitrogens with zero attached hydrogens (tertiary/aromatic N) is 1. The van der Waals surface area contributed by atoms with Crippen molar-refractivity contribution in [3.8, 4) is 11.3 Å². The minimum Gasteiger partial charge on any atom is -0.478 e. The van der Waals surface area contributed by atoms with Gasteiger partial charge in [0.05, 0.1) is 10.6 Å². The Morgan fingerprint density at radius 2 is 1.90 bits per heavy atom. The van der Waals surface area contributed by atoms with Crippen molar-refractivity contribution in [1.82, 2.24) is 5.16 Å². The molecule has 4 nitrogen and oxygen atoms in total. The van der Waals surface area contributed by atoms with Crippen LogP contribution in [0.15, 0.2) is 16.7 Å². The van der Waals surface area contributed by atoms with Gasteiger partial charge < -0.3 is 9.63 Å². The van der Waals surface area contributed by atoms with E-state index in [4.69, 9.17) is 28.3 Å². The third-order valence-electron chi connectivity index (χ3n) is 2.44. The van der Waals surface area contributed by atoms with Crippen LogP contribution in [0, 0.1) is 5.82 Å². The summed E-state index contributed by atoms with van der Waals surface area (Å²) >= 11 is 11.0. The number of carbonyl (C=O) groups is 1. The number of aromatic carboxylic acids is 1. The summed E-state index contributed by atoms with van der Waals surface area (Å²) in [4.78, 5) is 10.9. The summed E-state index contributed by atoms with van der Waals surface area (Å²) in [7, 11) is 0. The summed E-state index contributed by atoms with van der Waals surface area (Å²) in [6.45, 7) is 0. The van der Waals surface area contributed by atoms with Crippen LogP contribution < -0.4 is 0 Å². The molecule has 21 heavy (non-hydrogen) atoms. The Hall–Kier alpha value is -1.80. The summed E-state index contributed by atoms with van der Waals surface area (Å²) in [5.74, 6) is -4.18. The SMILES string of the molecule is O=C(O)c1cc(-c2noc(C(F)(F)F)c2Cl)c(F)cc1Cl. The number of carboxylic acids is 1. The van der Waals surface area contributed by atoms with Gasteiger partial charge >= 0.3 is 12.1 Å². The fraction of sp³-hybridized carbons (Fsp3) is 0.0909. The second kappa shape index (κ2) is 5.19. The van der Waals surface area contributed by atoms with Gasteiger partial charge in [0.1, 0.15) is 16.5 Å². The van der Waals surface area contributed by atoms with Crippen molar-refractivity contribution in [3.05, 3.63) is 39.3 Å². The molecule has 1 aromatic carbocycles. The van der Waals surface area contributed by atoms with Crippen molar-refractivity contribution in [2.75, 3.05) is 0 Å². The molecule has 10 heteroatoms. The number of rotatable bonds is 2. The predicted octanol–water partition coefficient (Wildman–Crippen LogP) is 4.50. The topological polar surface area (TPSA) is 63.3 Å². The molecule has 0 spiro atoms. The Morgan fingerprint density at radius 3 is 2.38 bits per heavy atom. The molecule has 112 valence electrons. The lowest BCUT2D eigenvalue weighted by molar-refractivity contribution is -0.155. The number of halogens is 6. The normalized spacial score (nSPS) is 11.7. The third kappa shape index (κ3) is 2.81. The first-order valence-electron chi connectivity index (χ1n) is 5.08. The van der Waals surface area contributed by atoms with Gasteiger partial charge in [-0.15, -0.1) is 0 Å². The second-order valence-corrected chi connectivity index (χ2v) is 4.57. The lowest BCUT2D eigenvalue weighted by Crippen LogP contribution is -2.03. The van der Waals surface area contributed by atoms with Crippen molar-refractivity contribution in [3.63, 3.8) is 0 Å². The molecule has 1 heterocycles.